The number of nitrogens with one attached hydrogen (secondary N) is 1. The van der Waals surface area contributed by atoms with E-state index in [4.69, 9.17) is 0 Å². The molecular formula is C16H20N4S. The van der Waals surface area contributed by atoms with Crippen LogP contribution in [-0.2, 0) is 6.54 Å². The molecule has 1 saturated heterocycles. The molecule has 2 aliphatic rings. The van der Waals surface area contributed by atoms with E-state index in [1.54, 1.807) is 11.3 Å². The molecule has 0 radical (unpaired) electrons. The molecule has 3 heterocycles. The smallest absolute Gasteiger partial charge is 0.0995 e. The molecule has 4 rings (SSSR count). The second-order valence-electron chi connectivity index (χ2n) is 6.02. The van der Waals surface area contributed by atoms with Crippen LogP contribution in [0.25, 0.3) is 11.4 Å². The average Bonchev–Trinajstić information content (AvgIpc) is 3.04. The first kappa shape index (κ1) is 13.4. The van der Waals surface area contributed by atoms with Crippen LogP contribution in [0.4, 0.5) is 0 Å². The molecule has 4 nitrogen and oxygen atoms in total. The van der Waals surface area contributed by atoms with Crippen LogP contribution >= 0.6 is 11.3 Å². The highest BCUT2D eigenvalue weighted by molar-refractivity contribution is 7.07. The van der Waals surface area contributed by atoms with Gasteiger partial charge in [-0.15, -0.1) is 11.3 Å². The average molecular weight is 300 g/mol. The van der Waals surface area contributed by atoms with E-state index in [1.807, 2.05) is 17.1 Å². The number of hydrogen-bond donors (Lipinski definition) is 1. The summed E-state index contributed by atoms with van der Waals surface area (Å²) in [6.45, 7) is 3.39. The van der Waals surface area contributed by atoms with Crippen LogP contribution in [0.1, 0.15) is 24.8 Å². The van der Waals surface area contributed by atoms with E-state index in [0.717, 1.165) is 24.0 Å². The molecule has 1 N–H and O–H groups in total. The summed E-state index contributed by atoms with van der Waals surface area (Å²) in [5, 5.41) is 5.70. The van der Waals surface area contributed by atoms with E-state index in [2.05, 4.69) is 32.3 Å². The molecule has 1 aliphatic carbocycles. The first-order valence-corrected chi connectivity index (χ1v) is 8.64. The highest BCUT2D eigenvalue weighted by Crippen LogP contribution is 2.29. The molecule has 5 heteroatoms. The predicted molar refractivity (Wildman–Crippen MR) is 85.2 cm³/mol. The fourth-order valence-electron chi connectivity index (χ4n) is 3.01. The van der Waals surface area contributed by atoms with Crippen LogP contribution in [0.3, 0.4) is 0 Å². The number of likely N-dealkylation sites (tertiary alicyclic amines) is 1. The molecule has 0 amide bonds. The van der Waals surface area contributed by atoms with Gasteiger partial charge < -0.3 is 5.32 Å². The minimum absolute atomic E-state index is 0.642. The van der Waals surface area contributed by atoms with Gasteiger partial charge in [-0.05, 0) is 30.9 Å². The molecule has 1 unspecified atom stereocenters. The Bertz CT molecular complexity index is 577. The Labute approximate surface area is 129 Å². The maximum Gasteiger partial charge on any atom is 0.0995 e. The Morgan fingerprint density at radius 2 is 2.14 bits per heavy atom. The standard InChI is InChI=1S/C16H20N4S/c1-4-15(16-10-21-11-19-16)18-8-12(1)7-17-13-5-6-20(9-13)14-2-3-14/h1,4,8,10-11,13-14,17H,2-3,5-7,9H2. The van der Waals surface area contributed by atoms with Crippen LogP contribution in [0, 0.1) is 0 Å². The van der Waals surface area contributed by atoms with Gasteiger partial charge in [-0.25, -0.2) is 4.98 Å². The van der Waals surface area contributed by atoms with Gasteiger partial charge in [0.25, 0.3) is 0 Å². The SMILES string of the molecule is c1nc(-c2ccc(CNC3CCN(C4CC4)C3)cn2)cs1. The zero-order valence-electron chi connectivity index (χ0n) is 12.0. The number of thiazole rings is 1. The first-order chi connectivity index (χ1) is 10.4. The normalized spacial score (nSPS) is 22.8. The number of aromatic nitrogens is 2. The fourth-order valence-corrected chi connectivity index (χ4v) is 3.55. The molecule has 2 aromatic rings. The van der Waals surface area contributed by atoms with Gasteiger partial charge in [-0.1, -0.05) is 6.07 Å². The maximum absolute atomic E-state index is 4.51. The maximum atomic E-state index is 4.51. The molecular weight excluding hydrogens is 280 g/mol. The lowest BCUT2D eigenvalue weighted by Gasteiger charge is -2.15. The number of hydrogen-bond acceptors (Lipinski definition) is 5. The van der Waals surface area contributed by atoms with Crippen molar-refractivity contribution in [2.24, 2.45) is 0 Å². The summed E-state index contributed by atoms with van der Waals surface area (Å²) in [6.07, 6.45) is 6.07. The van der Waals surface area contributed by atoms with Crippen molar-refractivity contribution < 1.29 is 0 Å². The summed E-state index contributed by atoms with van der Waals surface area (Å²) in [5.41, 5.74) is 5.02. The number of nitrogens with zero attached hydrogens (tertiary/aromatic N) is 3. The lowest BCUT2D eigenvalue weighted by Crippen LogP contribution is -2.32. The summed E-state index contributed by atoms with van der Waals surface area (Å²) in [4.78, 5) is 11.4. The van der Waals surface area contributed by atoms with Gasteiger partial charge in [0, 0.05) is 43.3 Å². The summed E-state index contributed by atoms with van der Waals surface area (Å²) >= 11 is 1.61. The molecule has 1 atom stereocenters. The highest BCUT2D eigenvalue weighted by atomic mass is 32.1. The van der Waals surface area contributed by atoms with Crippen molar-refractivity contribution in [3.63, 3.8) is 0 Å². The van der Waals surface area contributed by atoms with Crippen molar-refractivity contribution in [3.05, 3.63) is 34.8 Å². The van der Waals surface area contributed by atoms with E-state index < -0.39 is 0 Å². The molecule has 21 heavy (non-hydrogen) atoms. The predicted octanol–water partition coefficient (Wildman–Crippen LogP) is 2.53. The van der Waals surface area contributed by atoms with Crippen molar-refractivity contribution >= 4 is 11.3 Å². The van der Waals surface area contributed by atoms with E-state index in [9.17, 15) is 0 Å². The Hall–Kier alpha value is -1.30. The van der Waals surface area contributed by atoms with Crippen LogP contribution in [0.2, 0.25) is 0 Å². The van der Waals surface area contributed by atoms with Crippen LogP contribution in [0.5, 0.6) is 0 Å². The van der Waals surface area contributed by atoms with Gasteiger partial charge in [-0.2, -0.15) is 0 Å². The molecule has 2 aromatic heterocycles. The van der Waals surface area contributed by atoms with Gasteiger partial charge in [0.1, 0.15) is 0 Å². The monoisotopic (exact) mass is 300 g/mol. The Morgan fingerprint density at radius 3 is 2.86 bits per heavy atom. The van der Waals surface area contributed by atoms with Gasteiger partial charge in [-0.3, -0.25) is 9.88 Å². The summed E-state index contributed by atoms with van der Waals surface area (Å²) in [6, 6.07) is 5.76. The lowest BCUT2D eigenvalue weighted by molar-refractivity contribution is 0.317. The van der Waals surface area contributed by atoms with Crippen molar-refractivity contribution in [1.29, 1.82) is 0 Å². The zero-order valence-corrected chi connectivity index (χ0v) is 12.9. The van der Waals surface area contributed by atoms with Crippen LogP contribution < -0.4 is 5.32 Å². The molecule has 1 aliphatic heterocycles. The second kappa shape index (κ2) is 5.83. The Morgan fingerprint density at radius 1 is 1.19 bits per heavy atom. The summed E-state index contributed by atoms with van der Waals surface area (Å²) in [7, 11) is 0. The minimum Gasteiger partial charge on any atom is -0.309 e. The fraction of sp³-hybridized carbons (Fsp3) is 0.500. The third-order valence-electron chi connectivity index (χ3n) is 4.40. The molecule has 0 aromatic carbocycles. The van der Waals surface area contributed by atoms with Crippen molar-refractivity contribution in [2.45, 2.75) is 37.9 Å². The second-order valence-corrected chi connectivity index (χ2v) is 6.74. The van der Waals surface area contributed by atoms with Crippen molar-refractivity contribution in [3.8, 4) is 11.4 Å². The van der Waals surface area contributed by atoms with E-state index in [1.165, 1.54) is 37.9 Å². The van der Waals surface area contributed by atoms with E-state index in [0.29, 0.717) is 6.04 Å². The molecule has 2 fully saturated rings. The zero-order chi connectivity index (χ0) is 14.1. The summed E-state index contributed by atoms with van der Waals surface area (Å²) in [5.74, 6) is 0. The van der Waals surface area contributed by atoms with E-state index in [-0.39, 0.29) is 0 Å². The van der Waals surface area contributed by atoms with E-state index >= 15 is 0 Å². The minimum atomic E-state index is 0.642. The lowest BCUT2D eigenvalue weighted by atomic mass is 10.2. The Kier molecular flexibility index (Phi) is 3.71. The summed E-state index contributed by atoms with van der Waals surface area (Å²) < 4.78 is 0. The Balaban J connectivity index is 1.31. The van der Waals surface area contributed by atoms with Crippen LogP contribution in [-0.4, -0.2) is 40.0 Å². The third kappa shape index (κ3) is 3.15. The van der Waals surface area contributed by atoms with Gasteiger partial charge in [0.05, 0.1) is 16.9 Å². The topological polar surface area (TPSA) is 41.1 Å². The van der Waals surface area contributed by atoms with Gasteiger partial charge in [0.2, 0.25) is 0 Å². The molecule has 0 spiro atoms. The quantitative estimate of drug-likeness (QED) is 0.921. The molecule has 1 saturated carbocycles. The first-order valence-electron chi connectivity index (χ1n) is 7.69. The number of pyridine rings is 1. The van der Waals surface area contributed by atoms with Gasteiger partial charge >= 0.3 is 0 Å². The van der Waals surface area contributed by atoms with Crippen molar-refractivity contribution in [2.75, 3.05) is 13.1 Å². The largest absolute Gasteiger partial charge is 0.309 e. The van der Waals surface area contributed by atoms with Crippen LogP contribution in [0.15, 0.2) is 29.2 Å². The third-order valence-corrected chi connectivity index (χ3v) is 4.98. The molecule has 110 valence electrons. The molecule has 0 bridgehead atoms. The van der Waals surface area contributed by atoms with Crippen molar-refractivity contribution in [1.82, 2.24) is 20.2 Å². The van der Waals surface area contributed by atoms with Gasteiger partial charge in [0.15, 0.2) is 0 Å². The highest BCUT2D eigenvalue weighted by Gasteiger charge is 2.33. The number of rotatable bonds is 5.